The van der Waals surface area contributed by atoms with Crippen molar-refractivity contribution in [1.29, 1.82) is 5.26 Å². The van der Waals surface area contributed by atoms with Gasteiger partial charge >= 0.3 is 0 Å². The largest absolute Gasteiger partial charge is 0.378 e. The lowest BCUT2D eigenvalue weighted by Gasteiger charge is -2.19. The average Bonchev–Trinajstić information content (AvgIpc) is 2.48. The highest BCUT2D eigenvalue weighted by molar-refractivity contribution is 5.49. The molecular weight excluding hydrogens is 258 g/mol. The standard InChI is InChI=1S/C16H14F2N2/c1-2-16(14-9-12(17)5-8-15(14)18)20-13-6-3-11(10-19)4-7-13/h3-9,16,20H,2H2,1H3. The Morgan fingerprint density at radius 3 is 2.45 bits per heavy atom. The minimum atomic E-state index is -0.457. The van der Waals surface area contributed by atoms with Crippen LogP contribution in [0.4, 0.5) is 14.5 Å². The molecule has 0 aliphatic heterocycles. The zero-order valence-corrected chi connectivity index (χ0v) is 11.0. The zero-order chi connectivity index (χ0) is 14.5. The van der Waals surface area contributed by atoms with Gasteiger partial charge in [-0.2, -0.15) is 5.26 Å². The highest BCUT2D eigenvalue weighted by Crippen LogP contribution is 2.25. The molecule has 0 heterocycles. The molecule has 0 spiro atoms. The van der Waals surface area contributed by atoms with Gasteiger partial charge in [-0.3, -0.25) is 0 Å². The number of hydrogen-bond donors (Lipinski definition) is 1. The molecule has 0 bridgehead atoms. The van der Waals surface area contributed by atoms with Gasteiger partial charge in [0.25, 0.3) is 0 Å². The van der Waals surface area contributed by atoms with Crippen LogP contribution in [0.5, 0.6) is 0 Å². The van der Waals surface area contributed by atoms with E-state index in [2.05, 4.69) is 5.32 Å². The zero-order valence-electron chi connectivity index (χ0n) is 11.0. The van der Waals surface area contributed by atoms with Crippen molar-refractivity contribution >= 4 is 5.69 Å². The fourth-order valence-corrected chi connectivity index (χ4v) is 2.02. The minimum absolute atomic E-state index is 0.303. The molecule has 2 rings (SSSR count). The van der Waals surface area contributed by atoms with E-state index in [4.69, 9.17) is 5.26 Å². The van der Waals surface area contributed by atoms with Crippen LogP contribution >= 0.6 is 0 Å². The Labute approximate surface area is 116 Å². The normalized spacial score (nSPS) is 11.7. The van der Waals surface area contributed by atoms with Gasteiger partial charge in [-0.05, 0) is 48.9 Å². The van der Waals surface area contributed by atoms with E-state index in [0.717, 1.165) is 17.8 Å². The molecule has 2 aromatic rings. The summed E-state index contributed by atoms with van der Waals surface area (Å²) in [5.74, 6) is -0.888. The van der Waals surface area contributed by atoms with Crippen molar-refractivity contribution in [3.63, 3.8) is 0 Å². The first-order chi connectivity index (χ1) is 9.63. The summed E-state index contributed by atoms with van der Waals surface area (Å²) >= 11 is 0. The van der Waals surface area contributed by atoms with Crippen molar-refractivity contribution in [3.8, 4) is 6.07 Å². The monoisotopic (exact) mass is 272 g/mol. The third-order valence-electron chi connectivity index (χ3n) is 3.10. The number of nitrogens with zero attached hydrogens (tertiary/aromatic N) is 1. The predicted molar refractivity (Wildman–Crippen MR) is 74.2 cm³/mol. The average molecular weight is 272 g/mol. The second kappa shape index (κ2) is 6.16. The summed E-state index contributed by atoms with van der Waals surface area (Å²) in [6.45, 7) is 1.89. The van der Waals surface area contributed by atoms with E-state index in [0.29, 0.717) is 17.5 Å². The summed E-state index contributed by atoms with van der Waals surface area (Å²) in [5.41, 5.74) is 1.62. The molecule has 0 saturated carbocycles. The van der Waals surface area contributed by atoms with Crippen LogP contribution in [-0.4, -0.2) is 0 Å². The van der Waals surface area contributed by atoms with Crippen molar-refractivity contribution in [1.82, 2.24) is 0 Å². The second-order valence-electron chi connectivity index (χ2n) is 4.46. The van der Waals surface area contributed by atoms with Crippen LogP contribution in [0.2, 0.25) is 0 Å². The van der Waals surface area contributed by atoms with Crippen LogP contribution in [0.1, 0.15) is 30.5 Å². The van der Waals surface area contributed by atoms with Crippen molar-refractivity contribution in [2.45, 2.75) is 19.4 Å². The maximum absolute atomic E-state index is 13.8. The molecule has 0 saturated heterocycles. The molecule has 1 N–H and O–H groups in total. The molecule has 20 heavy (non-hydrogen) atoms. The number of hydrogen-bond acceptors (Lipinski definition) is 2. The van der Waals surface area contributed by atoms with Gasteiger partial charge in [0.1, 0.15) is 11.6 Å². The Morgan fingerprint density at radius 1 is 1.15 bits per heavy atom. The number of nitrogens with one attached hydrogen (secondary N) is 1. The second-order valence-corrected chi connectivity index (χ2v) is 4.46. The molecule has 1 unspecified atom stereocenters. The third kappa shape index (κ3) is 3.12. The molecule has 2 nitrogen and oxygen atoms in total. The molecule has 2 aromatic carbocycles. The van der Waals surface area contributed by atoms with Crippen LogP contribution in [0.3, 0.4) is 0 Å². The van der Waals surface area contributed by atoms with Crippen LogP contribution in [0, 0.1) is 23.0 Å². The first-order valence-electron chi connectivity index (χ1n) is 6.35. The number of anilines is 1. The minimum Gasteiger partial charge on any atom is -0.378 e. The van der Waals surface area contributed by atoms with Crippen LogP contribution in [0.15, 0.2) is 42.5 Å². The topological polar surface area (TPSA) is 35.8 Å². The SMILES string of the molecule is CCC(Nc1ccc(C#N)cc1)c1cc(F)ccc1F. The molecule has 0 aliphatic carbocycles. The van der Waals surface area contributed by atoms with Crippen LogP contribution < -0.4 is 5.32 Å². The van der Waals surface area contributed by atoms with E-state index >= 15 is 0 Å². The van der Waals surface area contributed by atoms with Gasteiger partial charge in [-0.1, -0.05) is 6.92 Å². The quantitative estimate of drug-likeness (QED) is 0.895. The van der Waals surface area contributed by atoms with E-state index in [-0.39, 0.29) is 6.04 Å². The van der Waals surface area contributed by atoms with Crippen molar-refractivity contribution < 1.29 is 8.78 Å². The molecule has 0 amide bonds. The molecule has 0 fully saturated rings. The Hall–Kier alpha value is -2.41. The van der Waals surface area contributed by atoms with Gasteiger partial charge in [0, 0.05) is 11.3 Å². The lowest BCUT2D eigenvalue weighted by atomic mass is 10.0. The molecule has 4 heteroatoms. The summed E-state index contributed by atoms with van der Waals surface area (Å²) in [4.78, 5) is 0. The molecular formula is C16H14F2N2. The smallest absolute Gasteiger partial charge is 0.128 e. The Morgan fingerprint density at radius 2 is 1.85 bits per heavy atom. The Kier molecular flexibility index (Phi) is 4.31. The molecule has 0 aliphatic rings. The summed E-state index contributed by atoms with van der Waals surface area (Å²) in [7, 11) is 0. The number of halogens is 2. The van der Waals surface area contributed by atoms with Crippen molar-refractivity contribution in [2.24, 2.45) is 0 Å². The van der Waals surface area contributed by atoms with Crippen molar-refractivity contribution in [3.05, 3.63) is 65.2 Å². The van der Waals surface area contributed by atoms with Gasteiger partial charge in [0.05, 0.1) is 17.7 Å². The Bertz CT molecular complexity index is 630. The van der Waals surface area contributed by atoms with Gasteiger partial charge in [-0.15, -0.1) is 0 Å². The third-order valence-corrected chi connectivity index (χ3v) is 3.10. The number of benzene rings is 2. The Balaban J connectivity index is 2.24. The highest BCUT2D eigenvalue weighted by atomic mass is 19.1. The van der Waals surface area contributed by atoms with Gasteiger partial charge in [0.15, 0.2) is 0 Å². The summed E-state index contributed by atoms with van der Waals surface area (Å²) < 4.78 is 27.0. The molecule has 1 atom stereocenters. The number of nitriles is 1. The summed E-state index contributed by atoms with van der Waals surface area (Å²) in [5, 5.41) is 11.9. The fourth-order valence-electron chi connectivity index (χ4n) is 2.02. The first kappa shape index (κ1) is 14.0. The lowest BCUT2D eigenvalue weighted by molar-refractivity contribution is 0.567. The number of rotatable bonds is 4. The fraction of sp³-hybridized carbons (Fsp3) is 0.188. The van der Waals surface area contributed by atoms with E-state index in [1.165, 1.54) is 6.07 Å². The molecule has 0 radical (unpaired) electrons. The summed E-state index contributed by atoms with van der Waals surface area (Å²) in [6, 6.07) is 12.0. The van der Waals surface area contributed by atoms with E-state index in [9.17, 15) is 8.78 Å². The van der Waals surface area contributed by atoms with Gasteiger partial charge in [-0.25, -0.2) is 8.78 Å². The van der Waals surface area contributed by atoms with E-state index in [1.54, 1.807) is 24.3 Å². The molecule has 0 aromatic heterocycles. The van der Waals surface area contributed by atoms with Gasteiger partial charge in [0.2, 0.25) is 0 Å². The van der Waals surface area contributed by atoms with Gasteiger partial charge < -0.3 is 5.32 Å². The van der Waals surface area contributed by atoms with E-state index < -0.39 is 11.6 Å². The van der Waals surface area contributed by atoms with Crippen molar-refractivity contribution in [2.75, 3.05) is 5.32 Å². The predicted octanol–water partition coefficient (Wildman–Crippen LogP) is 4.40. The maximum Gasteiger partial charge on any atom is 0.128 e. The molecule has 102 valence electrons. The highest BCUT2D eigenvalue weighted by Gasteiger charge is 2.14. The maximum atomic E-state index is 13.8. The lowest BCUT2D eigenvalue weighted by Crippen LogP contribution is -2.11. The van der Waals surface area contributed by atoms with Crippen LogP contribution in [0.25, 0.3) is 0 Å². The summed E-state index contributed by atoms with van der Waals surface area (Å²) in [6.07, 6.45) is 0.611. The first-order valence-corrected chi connectivity index (χ1v) is 6.35. The van der Waals surface area contributed by atoms with E-state index in [1.807, 2.05) is 13.0 Å². The van der Waals surface area contributed by atoms with Crippen LogP contribution in [-0.2, 0) is 0 Å².